The molecule has 122 valence electrons. The van der Waals surface area contributed by atoms with Crippen LogP contribution >= 0.6 is 0 Å². The van der Waals surface area contributed by atoms with E-state index in [1.807, 2.05) is 0 Å². The van der Waals surface area contributed by atoms with Crippen LogP contribution in [0.5, 0.6) is 5.75 Å². The zero-order chi connectivity index (χ0) is 17.3. The molecular formula is C16H12N3NaO4S. The summed E-state index contributed by atoms with van der Waals surface area (Å²) in [5.41, 5.74) is 6.10. The second-order valence-corrected chi connectivity index (χ2v) is 6.39. The number of rotatable bonds is 3. The van der Waals surface area contributed by atoms with Gasteiger partial charge in [-0.15, -0.1) is 5.11 Å². The van der Waals surface area contributed by atoms with Crippen LogP contribution in [0.1, 0.15) is 0 Å². The number of aromatic hydroxyl groups is 1. The van der Waals surface area contributed by atoms with Gasteiger partial charge >= 0.3 is 29.6 Å². The minimum Gasteiger partial charge on any atom is -0.744 e. The van der Waals surface area contributed by atoms with Gasteiger partial charge in [-0.25, -0.2) is 8.42 Å². The largest absolute Gasteiger partial charge is 1.00 e. The Hall–Kier alpha value is -1.97. The number of benzene rings is 3. The maximum Gasteiger partial charge on any atom is 1.00 e. The number of hydrogen-bond donors (Lipinski definition) is 2. The van der Waals surface area contributed by atoms with Crippen LogP contribution in [0, 0.1) is 0 Å². The summed E-state index contributed by atoms with van der Waals surface area (Å²) in [6.07, 6.45) is 0. The summed E-state index contributed by atoms with van der Waals surface area (Å²) in [5.74, 6) is -0.464. The Balaban J connectivity index is 0.00000225. The predicted octanol–water partition coefficient (Wildman–Crippen LogP) is 0.451. The van der Waals surface area contributed by atoms with E-state index in [1.54, 1.807) is 30.3 Å². The van der Waals surface area contributed by atoms with Crippen molar-refractivity contribution in [3.05, 3.63) is 54.6 Å². The molecule has 0 aromatic heterocycles. The van der Waals surface area contributed by atoms with E-state index in [0.29, 0.717) is 16.8 Å². The molecule has 3 rings (SSSR count). The van der Waals surface area contributed by atoms with E-state index < -0.39 is 26.5 Å². The van der Waals surface area contributed by atoms with Gasteiger partial charge in [0.2, 0.25) is 0 Å². The molecule has 0 radical (unpaired) electrons. The molecule has 0 fully saturated rings. The van der Waals surface area contributed by atoms with Crippen LogP contribution in [0.3, 0.4) is 0 Å². The first-order chi connectivity index (χ1) is 11.4. The minimum atomic E-state index is -4.86. The molecule has 0 bridgehead atoms. The molecule has 3 aromatic rings. The molecule has 0 aliphatic heterocycles. The summed E-state index contributed by atoms with van der Waals surface area (Å²) >= 11 is 0. The van der Waals surface area contributed by atoms with Gasteiger partial charge in [-0.2, -0.15) is 5.11 Å². The van der Waals surface area contributed by atoms with E-state index in [2.05, 4.69) is 10.2 Å². The Morgan fingerprint density at radius 3 is 2.32 bits per heavy atom. The predicted molar refractivity (Wildman–Crippen MR) is 88.6 cm³/mol. The fraction of sp³-hybridized carbons (Fsp3) is 0. The molecule has 0 spiro atoms. The summed E-state index contributed by atoms with van der Waals surface area (Å²) < 4.78 is 34.6. The third-order valence-corrected chi connectivity index (χ3v) is 4.22. The van der Waals surface area contributed by atoms with E-state index >= 15 is 0 Å². The first-order valence-electron chi connectivity index (χ1n) is 6.84. The molecule has 0 aliphatic rings. The van der Waals surface area contributed by atoms with Crippen LogP contribution in [-0.2, 0) is 10.1 Å². The Bertz CT molecular complexity index is 1050. The zero-order valence-electron chi connectivity index (χ0n) is 13.2. The maximum absolute atomic E-state index is 11.5. The van der Waals surface area contributed by atoms with E-state index in [0.717, 1.165) is 6.07 Å². The van der Waals surface area contributed by atoms with E-state index in [4.69, 9.17) is 5.73 Å². The third kappa shape index (κ3) is 4.17. The zero-order valence-corrected chi connectivity index (χ0v) is 16.1. The number of phenolic OH excluding ortho intramolecular Hbond substituents is 1. The molecule has 0 amide bonds. The monoisotopic (exact) mass is 365 g/mol. The first-order valence-corrected chi connectivity index (χ1v) is 8.25. The summed E-state index contributed by atoms with van der Waals surface area (Å²) in [4.78, 5) is -0.642. The molecule has 25 heavy (non-hydrogen) atoms. The van der Waals surface area contributed by atoms with Crippen LogP contribution < -0.4 is 35.3 Å². The molecule has 7 nitrogen and oxygen atoms in total. The Morgan fingerprint density at radius 1 is 1.00 bits per heavy atom. The second-order valence-electron chi connectivity index (χ2n) is 5.04. The molecule has 3 N–H and O–H groups in total. The topological polar surface area (TPSA) is 128 Å². The van der Waals surface area contributed by atoms with Gasteiger partial charge in [-0.05, 0) is 35.7 Å². The van der Waals surface area contributed by atoms with Gasteiger partial charge in [0.25, 0.3) is 0 Å². The van der Waals surface area contributed by atoms with Crippen molar-refractivity contribution in [3.63, 3.8) is 0 Å². The molecule has 0 unspecified atom stereocenters. The third-order valence-electron chi connectivity index (χ3n) is 3.37. The number of azo groups is 1. The molecular weight excluding hydrogens is 353 g/mol. The van der Waals surface area contributed by atoms with Crippen LogP contribution in [0.2, 0.25) is 0 Å². The summed E-state index contributed by atoms with van der Waals surface area (Å²) in [5, 5.41) is 18.7. The SMILES string of the molecule is Nc1ccc2cc(S(=O)(=O)[O-])c(N=Nc3ccccc3)c(O)c2c1.[Na+]. The van der Waals surface area contributed by atoms with E-state index in [1.165, 1.54) is 18.2 Å². The Labute approximate surface area is 166 Å². The Morgan fingerprint density at radius 2 is 1.68 bits per heavy atom. The summed E-state index contributed by atoms with van der Waals surface area (Å²) in [6, 6.07) is 14.2. The van der Waals surface area contributed by atoms with Crippen molar-refractivity contribution in [1.29, 1.82) is 0 Å². The molecule has 0 saturated carbocycles. The Kier molecular flexibility index (Phi) is 5.81. The van der Waals surface area contributed by atoms with Gasteiger partial charge in [-0.1, -0.05) is 24.3 Å². The van der Waals surface area contributed by atoms with Crippen LogP contribution in [0.4, 0.5) is 17.1 Å². The fourth-order valence-electron chi connectivity index (χ4n) is 2.25. The number of phenols is 1. The first kappa shape index (κ1) is 19.4. The average Bonchev–Trinajstić information content (AvgIpc) is 2.54. The molecule has 0 heterocycles. The fourth-order valence-corrected chi connectivity index (χ4v) is 2.89. The summed E-state index contributed by atoms with van der Waals surface area (Å²) in [7, 11) is -4.86. The summed E-state index contributed by atoms with van der Waals surface area (Å²) in [6.45, 7) is 0. The number of nitrogen functional groups attached to an aromatic ring is 1. The van der Waals surface area contributed by atoms with Gasteiger partial charge in [-0.3, -0.25) is 0 Å². The van der Waals surface area contributed by atoms with E-state index in [-0.39, 0.29) is 34.9 Å². The number of nitrogens with two attached hydrogens (primary N) is 1. The molecule has 0 atom stereocenters. The van der Waals surface area contributed by atoms with Crippen molar-refractivity contribution in [2.75, 3.05) is 5.73 Å². The van der Waals surface area contributed by atoms with Gasteiger partial charge in [0, 0.05) is 11.1 Å². The van der Waals surface area contributed by atoms with Gasteiger partial charge in [0.1, 0.15) is 15.8 Å². The van der Waals surface area contributed by atoms with Crippen molar-refractivity contribution in [1.82, 2.24) is 0 Å². The van der Waals surface area contributed by atoms with Crippen molar-refractivity contribution in [3.8, 4) is 5.75 Å². The van der Waals surface area contributed by atoms with Crippen molar-refractivity contribution >= 4 is 38.0 Å². The molecule has 0 saturated heterocycles. The number of fused-ring (bicyclic) bond motifs is 1. The number of nitrogens with zero attached hydrogens (tertiary/aromatic N) is 2. The normalized spacial score (nSPS) is 11.6. The number of anilines is 1. The smallest absolute Gasteiger partial charge is 0.744 e. The maximum atomic E-state index is 11.5. The van der Waals surface area contributed by atoms with Gasteiger partial charge in [0.15, 0.2) is 5.75 Å². The van der Waals surface area contributed by atoms with Gasteiger partial charge < -0.3 is 15.4 Å². The van der Waals surface area contributed by atoms with Crippen molar-refractivity contribution in [2.24, 2.45) is 10.2 Å². The van der Waals surface area contributed by atoms with Crippen LogP contribution in [0.25, 0.3) is 10.8 Å². The second kappa shape index (κ2) is 7.51. The standard InChI is InChI=1S/C16H13N3O4S.Na/c17-11-7-6-10-8-14(24(21,22)23)15(16(20)13(10)9-11)19-18-12-4-2-1-3-5-12;/h1-9,20H,17H2,(H,21,22,23);/q;+1/p-1. The minimum absolute atomic E-state index is 0. The molecule has 3 aromatic carbocycles. The van der Waals surface area contributed by atoms with Gasteiger partial charge in [0.05, 0.1) is 10.6 Å². The number of hydrogen-bond acceptors (Lipinski definition) is 7. The average molecular weight is 365 g/mol. The van der Waals surface area contributed by atoms with Crippen LogP contribution in [-0.4, -0.2) is 18.1 Å². The van der Waals surface area contributed by atoms with E-state index in [9.17, 15) is 18.1 Å². The van der Waals surface area contributed by atoms with Crippen LogP contribution in [0.15, 0.2) is 69.7 Å². The molecule has 9 heteroatoms. The quantitative estimate of drug-likeness (QED) is 0.301. The molecule has 0 aliphatic carbocycles. The van der Waals surface area contributed by atoms with Crippen molar-refractivity contribution in [2.45, 2.75) is 4.90 Å². The van der Waals surface area contributed by atoms with Crippen molar-refractivity contribution < 1.29 is 47.6 Å².